The number of anilines is 1. The number of halogens is 1. The van der Waals surface area contributed by atoms with Crippen molar-refractivity contribution in [3.63, 3.8) is 0 Å². The van der Waals surface area contributed by atoms with Gasteiger partial charge in [-0.2, -0.15) is 8.42 Å². The molecule has 3 aromatic rings. The van der Waals surface area contributed by atoms with Crippen molar-refractivity contribution in [2.75, 3.05) is 18.1 Å². The molecular weight excluding hydrogens is 511 g/mol. The summed E-state index contributed by atoms with van der Waals surface area (Å²) in [6, 6.07) is 14.4. The number of fused-ring (bicyclic) bond motifs is 1. The van der Waals surface area contributed by atoms with Gasteiger partial charge in [0.1, 0.15) is 5.82 Å². The van der Waals surface area contributed by atoms with E-state index < -0.39 is 26.6 Å². The van der Waals surface area contributed by atoms with E-state index in [2.05, 4.69) is 4.90 Å². The molecule has 10 heteroatoms. The summed E-state index contributed by atoms with van der Waals surface area (Å²) in [6.45, 7) is 4.29. The summed E-state index contributed by atoms with van der Waals surface area (Å²) in [5.74, 6) is -0.281. The van der Waals surface area contributed by atoms with Gasteiger partial charge in [0.2, 0.25) is 0 Å². The lowest BCUT2D eigenvalue weighted by Crippen LogP contribution is -2.49. The Morgan fingerprint density at radius 3 is 2.47 bits per heavy atom. The van der Waals surface area contributed by atoms with Gasteiger partial charge in [0.15, 0.2) is 0 Å². The average Bonchev–Trinajstić information content (AvgIpc) is 2.85. The molecule has 2 aliphatic rings. The van der Waals surface area contributed by atoms with Gasteiger partial charge < -0.3 is 10.0 Å². The second-order valence-corrected chi connectivity index (χ2v) is 12.0. The zero-order valence-electron chi connectivity index (χ0n) is 21.2. The first-order valence-electron chi connectivity index (χ1n) is 12.4. The molecule has 0 atom stereocenters. The average molecular weight is 541 g/mol. The molecule has 0 aromatic heterocycles. The predicted octanol–water partition coefficient (Wildman–Crippen LogP) is 4.71. The normalized spacial score (nSPS) is 21.1. The highest BCUT2D eigenvalue weighted by Crippen LogP contribution is 2.50. The first kappa shape index (κ1) is 26.3. The van der Waals surface area contributed by atoms with E-state index in [4.69, 9.17) is 4.18 Å². The molecule has 1 aliphatic heterocycles. The van der Waals surface area contributed by atoms with E-state index in [1.54, 1.807) is 37.3 Å². The molecule has 38 heavy (non-hydrogen) atoms. The topological polar surface area (TPSA) is 110 Å². The molecule has 1 fully saturated rings. The molecule has 3 aromatic carbocycles. The first-order valence-corrected chi connectivity index (χ1v) is 13.8. The van der Waals surface area contributed by atoms with E-state index >= 15 is 0 Å². The summed E-state index contributed by atoms with van der Waals surface area (Å²) in [7, 11) is -4.12. The fourth-order valence-electron chi connectivity index (χ4n) is 5.55. The van der Waals surface area contributed by atoms with Crippen molar-refractivity contribution in [1.82, 2.24) is 0 Å². The Hall–Kier alpha value is -3.34. The van der Waals surface area contributed by atoms with Gasteiger partial charge in [0, 0.05) is 35.3 Å². The molecule has 0 unspecified atom stereocenters. The third-order valence-corrected chi connectivity index (χ3v) is 8.92. The molecule has 1 N–H and O–H groups in total. The van der Waals surface area contributed by atoms with Crippen LogP contribution in [0.1, 0.15) is 40.7 Å². The highest BCUT2D eigenvalue weighted by Gasteiger charge is 2.50. The largest absolute Gasteiger partial charge is 0.393 e. The summed E-state index contributed by atoms with van der Waals surface area (Å²) in [4.78, 5) is 13.8. The van der Waals surface area contributed by atoms with Gasteiger partial charge in [-0.3, -0.25) is 14.3 Å². The first-order chi connectivity index (χ1) is 18.0. The van der Waals surface area contributed by atoms with Gasteiger partial charge in [0.25, 0.3) is 15.8 Å². The van der Waals surface area contributed by atoms with Crippen LogP contribution in [0.5, 0.6) is 0 Å². The van der Waals surface area contributed by atoms with Crippen LogP contribution >= 0.6 is 0 Å². The van der Waals surface area contributed by atoms with E-state index in [1.165, 1.54) is 24.3 Å². The van der Waals surface area contributed by atoms with Crippen LogP contribution in [0, 0.1) is 29.8 Å². The van der Waals surface area contributed by atoms with Crippen molar-refractivity contribution >= 4 is 21.5 Å². The minimum absolute atomic E-state index is 0.000900. The van der Waals surface area contributed by atoms with Crippen LogP contribution in [0.2, 0.25) is 0 Å². The van der Waals surface area contributed by atoms with E-state index in [1.807, 2.05) is 6.92 Å². The maximum absolute atomic E-state index is 13.7. The Labute approximate surface area is 221 Å². The highest BCUT2D eigenvalue weighted by atomic mass is 32.2. The second kappa shape index (κ2) is 9.76. The van der Waals surface area contributed by atoms with Crippen molar-refractivity contribution in [2.24, 2.45) is 0 Å². The summed E-state index contributed by atoms with van der Waals surface area (Å²) in [5.41, 5.74) is 3.22. The van der Waals surface area contributed by atoms with Crippen LogP contribution in [-0.4, -0.2) is 37.7 Å². The molecule has 1 aliphatic carbocycles. The number of hydrogen-bond acceptors (Lipinski definition) is 7. The summed E-state index contributed by atoms with van der Waals surface area (Å²) < 4.78 is 45.0. The lowest BCUT2D eigenvalue weighted by Gasteiger charge is -2.45. The van der Waals surface area contributed by atoms with Crippen molar-refractivity contribution in [3.8, 4) is 0 Å². The number of nitro groups is 1. The van der Waals surface area contributed by atoms with Crippen LogP contribution in [0.15, 0.2) is 59.5 Å². The zero-order chi connectivity index (χ0) is 27.2. The van der Waals surface area contributed by atoms with Crippen LogP contribution in [0.3, 0.4) is 0 Å². The van der Waals surface area contributed by atoms with Crippen LogP contribution in [0.4, 0.5) is 15.8 Å². The molecule has 5 rings (SSSR count). The molecule has 1 heterocycles. The number of rotatable bonds is 7. The molecule has 0 saturated heterocycles. The highest BCUT2D eigenvalue weighted by molar-refractivity contribution is 7.86. The number of aliphatic hydroxyl groups excluding tert-OH is 1. The molecular formula is C28H29FN2O6S. The van der Waals surface area contributed by atoms with Crippen molar-refractivity contribution in [3.05, 3.63) is 98.3 Å². The number of aliphatic hydroxyl groups is 1. The van der Waals surface area contributed by atoms with Gasteiger partial charge in [0.05, 0.1) is 22.5 Å². The van der Waals surface area contributed by atoms with Crippen molar-refractivity contribution in [1.29, 1.82) is 0 Å². The van der Waals surface area contributed by atoms with Crippen LogP contribution in [-0.2, 0) is 32.7 Å². The molecule has 0 amide bonds. The lowest BCUT2D eigenvalue weighted by molar-refractivity contribution is -0.387. The number of nitrogens with zero attached hydrogens (tertiary/aromatic N) is 2. The van der Waals surface area contributed by atoms with E-state index in [0.29, 0.717) is 30.6 Å². The minimum atomic E-state index is -4.12. The number of aryl methyl sites for hydroxylation is 2. The molecule has 8 nitrogen and oxygen atoms in total. The zero-order valence-corrected chi connectivity index (χ0v) is 22.0. The Morgan fingerprint density at radius 2 is 1.82 bits per heavy atom. The van der Waals surface area contributed by atoms with Gasteiger partial charge in [-0.1, -0.05) is 23.8 Å². The molecule has 200 valence electrons. The van der Waals surface area contributed by atoms with Gasteiger partial charge in [-0.05, 0) is 80.6 Å². The fourth-order valence-corrected chi connectivity index (χ4v) is 6.54. The summed E-state index contributed by atoms with van der Waals surface area (Å²) >= 11 is 0. The second-order valence-electron chi connectivity index (χ2n) is 10.4. The maximum atomic E-state index is 13.7. The lowest BCUT2D eigenvalue weighted by atomic mass is 9.62. The summed E-state index contributed by atoms with van der Waals surface area (Å²) in [6.07, 6.45) is 0.186. The van der Waals surface area contributed by atoms with E-state index in [-0.39, 0.29) is 35.8 Å². The molecule has 0 bridgehead atoms. The number of hydrogen-bond donors (Lipinski definition) is 1. The Balaban J connectivity index is 1.50. The van der Waals surface area contributed by atoms with Gasteiger partial charge >= 0.3 is 0 Å². The van der Waals surface area contributed by atoms with E-state index in [9.17, 15) is 28.0 Å². The van der Waals surface area contributed by atoms with E-state index in [0.717, 1.165) is 22.4 Å². The number of benzene rings is 3. The van der Waals surface area contributed by atoms with Gasteiger partial charge in [-0.15, -0.1) is 0 Å². The van der Waals surface area contributed by atoms with Crippen molar-refractivity contribution in [2.45, 2.75) is 56.1 Å². The van der Waals surface area contributed by atoms with Crippen molar-refractivity contribution < 1.29 is 27.0 Å². The smallest absolute Gasteiger partial charge is 0.297 e. The molecule has 0 spiro atoms. The standard InChI is InChI=1S/C28H29FN2O6S/c1-18-3-7-25(8-4-18)38(35,36)37-17-28(14-24(32)15-28)26-13-23(11-19(2)27(26)31(33)34)30-10-9-20-12-22(29)6-5-21(20)16-30/h3-8,11-13,24,32H,9-10,14-17H2,1-2H3. The van der Waals surface area contributed by atoms with Crippen LogP contribution in [0.25, 0.3) is 0 Å². The molecule has 1 saturated carbocycles. The fraction of sp³-hybridized carbons (Fsp3) is 0.357. The minimum Gasteiger partial charge on any atom is -0.393 e. The Kier molecular flexibility index (Phi) is 6.75. The van der Waals surface area contributed by atoms with Gasteiger partial charge in [-0.25, -0.2) is 4.39 Å². The maximum Gasteiger partial charge on any atom is 0.297 e. The third kappa shape index (κ3) is 4.91. The summed E-state index contributed by atoms with van der Waals surface area (Å²) in [5, 5.41) is 22.4. The van der Waals surface area contributed by atoms with Crippen LogP contribution < -0.4 is 4.90 Å². The third-order valence-electron chi connectivity index (χ3n) is 7.64. The number of nitro benzene ring substituents is 1. The predicted molar refractivity (Wildman–Crippen MR) is 140 cm³/mol. The SMILES string of the molecule is Cc1ccc(S(=O)(=O)OCC2(c3cc(N4CCc5cc(F)ccc5C4)cc(C)c3[N+](=O)[O-])CC(O)C2)cc1. The quantitative estimate of drug-likeness (QED) is 0.263. The molecule has 0 radical (unpaired) electrons. The Morgan fingerprint density at radius 1 is 1.11 bits per heavy atom. The monoisotopic (exact) mass is 540 g/mol. The Bertz CT molecular complexity index is 1500.